The zero-order valence-electron chi connectivity index (χ0n) is 11.0. The van der Waals surface area contributed by atoms with Crippen LogP contribution in [0, 0.1) is 5.21 Å². The molecule has 2 rings (SSSR count). The highest BCUT2D eigenvalue weighted by Gasteiger charge is 2.48. The molecule has 102 valence electrons. The lowest BCUT2D eigenvalue weighted by Crippen LogP contribution is -2.47. The summed E-state index contributed by atoms with van der Waals surface area (Å²) in [5, 5.41) is 12.7. The van der Waals surface area contributed by atoms with Crippen molar-refractivity contribution in [3.05, 3.63) is 40.1 Å². The summed E-state index contributed by atoms with van der Waals surface area (Å²) < 4.78 is 1.73. The third kappa shape index (κ3) is 2.88. The number of hydrogen-bond donors (Lipinski definition) is 0. The van der Waals surface area contributed by atoms with Gasteiger partial charge in [-0.2, -0.15) is 4.74 Å². The molecule has 1 aromatic rings. The van der Waals surface area contributed by atoms with Crippen molar-refractivity contribution in [1.29, 1.82) is 0 Å². The van der Waals surface area contributed by atoms with Crippen LogP contribution in [-0.4, -0.2) is 38.1 Å². The van der Waals surface area contributed by atoms with Gasteiger partial charge in [-0.15, -0.1) is 0 Å². The number of benzene rings is 1. The maximum atomic E-state index is 12.3. The van der Waals surface area contributed by atoms with Gasteiger partial charge in [0.2, 0.25) is 5.37 Å². The first-order valence-corrected chi connectivity index (χ1v) is 7.49. The molecule has 1 aliphatic heterocycles. The van der Waals surface area contributed by atoms with Crippen molar-refractivity contribution in [2.75, 3.05) is 7.05 Å². The fourth-order valence-corrected chi connectivity index (χ4v) is 3.68. The van der Waals surface area contributed by atoms with Gasteiger partial charge in [0, 0.05) is 17.6 Å². The zero-order valence-corrected chi connectivity index (χ0v) is 13.4. The van der Waals surface area contributed by atoms with Crippen LogP contribution in [0.1, 0.15) is 19.4 Å². The number of hydrogen-bond acceptors (Lipinski definition) is 3. The second kappa shape index (κ2) is 5.31. The van der Waals surface area contributed by atoms with Gasteiger partial charge >= 0.3 is 0 Å². The Balaban J connectivity index is 2.27. The van der Waals surface area contributed by atoms with Crippen molar-refractivity contribution in [3.8, 4) is 0 Å². The molecule has 0 amide bonds. The summed E-state index contributed by atoms with van der Waals surface area (Å²) >= 11 is 12.5. The number of thioether (sulfide) groups is 1. The quantitative estimate of drug-likeness (QED) is 0.275. The van der Waals surface area contributed by atoms with E-state index in [-0.39, 0.29) is 10.9 Å². The third-order valence-corrected chi connectivity index (χ3v) is 5.63. The summed E-state index contributed by atoms with van der Waals surface area (Å²) in [6, 6.07) is 7.18. The fourth-order valence-electron chi connectivity index (χ4n) is 1.85. The second-order valence-corrected chi connectivity index (χ2v) is 7.14. The molecular weight excluding hydrogens is 300 g/mol. The number of hydroxylamine groups is 1. The number of likely N-dealkylation sites (N-methyl/N-ethyl adjacent to an activating group) is 1. The van der Waals surface area contributed by atoms with Gasteiger partial charge in [-0.3, -0.25) is 0 Å². The summed E-state index contributed by atoms with van der Waals surface area (Å²) in [6.45, 7) is 4.04. The minimum Gasteiger partial charge on any atom is -0.623 e. The Morgan fingerprint density at radius 2 is 2.00 bits per heavy atom. The van der Waals surface area contributed by atoms with Crippen LogP contribution in [-0.2, 0) is 0 Å². The van der Waals surface area contributed by atoms with E-state index >= 15 is 0 Å². The van der Waals surface area contributed by atoms with Crippen molar-refractivity contribution in [1.82, 2.24) is 4.90 Å². The van der Waals surface area contributed by atoms with E-state index in [2.05, 4.69) is 0 Å². The first-order valence-electron chi connectivity index (χ1n) is 5.83. The van der Waals surface area contributed by atoms with Crippen molar-refractivity contribution in [2.24, 2.45) is 0 Å². The Labute approximate surface area is 127 Å². The number of nitrogens with zero attached hydrogens (tertiary/aromatic N) is 2. The Morgan fingerprint density at radius 3 is 2.47 bits per heavy atom. The molecule has 0 saturated carbocycles. The molecule has 0 aromatic heterocycles. The molecule has 19 heavy (non-hydrogen) atoms. The molecule has 0 unspecified atom stereocenters. The monoisotopic (exact) mass is 314 g/mol. The maximum Gasteiger partial charge on any atom is 0.238 e. The van der Waals surface area contributed by atoms with Gasteiger partial charge < -0.3 is 10.1 Å². The Morgan fingerprint density at radius 1 is 1.42 bits per heavy atom. The predicted molar refractivity (Wildman–Crippen MR) is 86.1 cm³/mol. The molecule has 0 N–H and O–H groups in total. The van der Waals surface area contributed by atoms with E-state index in [0.717, 1.165) is 14.6 Å². The van der Waals surface area contributed by atoms with E-state index in [1.54, 1.807) is 18.3 Å². The van der Waals surface area contributed by atoms with Crippen LogP contribution in [0.3, 0.4) is 0 Å². The molecule has 0 aliphatic carbocycles. The molecule has 1 aromatic carbocycles. The van der Waals surface area contributed by atoms with Crippen LogP contribution in [0.25, 0.3) is 0 Å². The van der Waals surface area contributed by atoms with Crippen molar-refractivity contribution >= 4 is 46.1 Å². The highest BCUT2D eigenvalue weighted by Crippen LogP contribution is 2.38. The summed E-state index contributed by atoms with van der Waals surface area (Å²) in [5.74, 6) is 0. The van der Waals surface area contributed by atoms with Gasteiger partial charge in [0.25, 0.3) is 0 Å². The minimum absolute atomic E-state index is 0.249. The van der Waals surface area contributed by atoms with Crippen LogP contribution in [0.5, 0.6) is 0 Å². The lowest BCUT2D eigenvalue weighted by atomic mass is 10.0. The largest absolute Gasteiger partial charge is 0.623 e. The topological polar surface area (TPSA) is 29.3 Å². The van der Waals surface area contributed by atoms with Crippen LogP contribution in [0.15, 0.2) is 24.3 Å². The van der Waals surface area contributed by atoms with E-state index in [9.17, 15) is 5.21 Å². The Bertz CT molecular complexity index is 528. The average molecular weight is 315 g/mol. The van der Waals surface area contributed by atoms with E-state index in [4.69, 9.17) is 23.8 Å². The van der Waals surface area contributed by atoms with Gasteiger partial charge in [0.1, 0.15) is 9.86 Å². The molecule has 1 fully saturated rings. The normalized spacial score (nSPS) is 22.9. The lowest BCUT2D eigenvalue weighted by molar-refractivity contribution is -0.480. The van der Waals surface area contributed by atoms with Crippen molar-refractivity contribution < 1.29 is 4.74 Å². The first-order chi connectivity index (χ1) is 8.82. The van der Waals surface area contributed by atoms with Gasteiger partial charge in [-0.05, 0) is 49.9 Å². The van der Waals surface area contributed by atoms with Crippen LogP contribution >= 0.6 is 35.6 Å². The summed E-state index contributed by atoms with van der Waals surface area (Å²) in [7, 11) is 1.92. The van der Waals surface area contributed by atoms with Crippen molar-refractivity contribution in [2.45, 2.75) is 24.8 Å². The molecule has 0 bridgehead atoms. The minimum atomic E-state index is -0.299. The molecule has 1 atom stereocenters. The number of thiocarbonyl (C=S) groups is 1. The van der Waals surface area contributed by atoms with E-state index < -0.39 is 0 Å². The second-order valence-electron chi connectivity index (χ2n) is 4.99. The van der Waals surface area contributed by atoms with E-state index in [1.165, 1.54) is 11.8 Å². The number of rotatable bonds is 2. The Hall–Kier alpha value is -0.780. The maximum absolute atomic E-state index is 12.3. The Kier molecular flexibility index (Phi) is 4.08. The van der Waals surface area contributed by atoms with Crippen molar-refractivity contribution in [3.63, 3.8) is 0 Å². The van der Waals surface area contributed by atoms with Gasteiger partial charge in [-0.25, -0.2) is 0 Å². The molecule has 0 radical (unpaired) electrons. The van der Waals surface area contributed by atoms with Crippen LogP contribution in [0.2, 0.25) is 5.02 Å². The SMILES string of the molecule is CN1C(=S)S[C@H]([N+]([O-])=Cc2ccc(Cl)cc2)C1(C)C. The highest BCUT2D eigenvalue weighted by molar-refractivity contribution is 8.23. The molecule has 1 heterocycles. The van der Waals surface area contributed by atoms with Gasteiger partial charge in [-0.1, -0.05) is 23.8 Å². The standard InChI is InChI=1S/C13H15ClN2OS2/c1-13(2)11(19-12(18)15(13)3)16(17)8-9-4-6-10(14)7-5-9/h4-8,11H,1-3H3/t11-/m0/s1. The molecular formula is C13H15ClN2OS2. The smallest absolute Gasteiger partial charge is 0.238 e. The van der Waals surface area contributed by atoms with Gasteiger partial charge in [0.15, 0.2) is 6.21 Å². The summed E-state index contributed by atoms with van der Waals surface area (Å²) in [6.07, 6.45) is 1.58. The van der Waals surface area contributed by atoms with E-state index in [1.807, 2.05) is 37.9 Å². The summed E-state index contributed by atoms with van der Waals surface area (Å²) in [4.78, 5) is 1.97. The predicted octanol–water partition coefficient (Wildman–Crippen LogP) is 3.34. The highest BCUT2D eigenvalue weighted by atomic mass is 35.5. The van der Waals surface area contributed by atoms with E-state index in [0.29, 0.717) is 5.02 Å². The fraction of sp³-hybridized carbons (Fsp3) is 0.385. The molecule has 3 nitrogen and oxygen atoms in total. The zero-order chi connectivity index (χ0) is 14.2. The summed E-state index contributed by atoms with van der Waals surface area (Å²) in [5.41, 5.74) is 0.531. The first kappa shape index (κ1) is 14.6. The van der Waals surface area contributed by atoms with Gasteiger partial charge in [0.05, 0.1) is 0 Å². The molecule has 6 heteroatoms. The molecule has 1 saturated heterocycles. The average Bonchev–Trinajstić information content (AvgIpc) is 2.56. The van der Waals surface area contributed by atoms with Crippen LogP contribution < -0.4 is 0 Å². The lowest BCUT2D eigenvalue weighted by Gasteiger charge is -2.30. The van der Waals surface area contributed by atoms with Crippen LogP contribution in [0.4, 0.5) is 0 Å². The molecule has 0 spiro atoms. The number of halogens is 1. The third-order valence-electron chi connectivity index (χ3n) is 3.33. The molecule has 1 aliphatic rings.